The van der Waals surface area contributed by atoms with Crippen molar-refractivity contribution in [3.8, 4) is 5.75 Å². The Kier molecular flexibility index (Phi) is 7.21. The number of nitrogens with one attached hydrogen (secondary N) is 3. The van der Waals surface area contributed by atoms with Crippen molar-refractivity contribution in [1.82, 2.24) is 16.0 Å². The van der Waals surface area contributed by atoms with Crippen LogP contribution in [0, 0.1) is 0 Å². The molecule has 0 radical (unpaired) electrons. The molecule has 6 nitrogen and oxygen atoms in total. The lowest BCUT2D eigenvalue weighted by Gasteiger charge is -2.38. The van der Waals surface area contributed by atoms with Crippen molar-refractivity contribution in [2.24, 2.45) is 4.99 Å². The highest BCUT2D eigenvalue weighted by molar-refractivity contribution is 5.94. The molecule has 2 atom stereocenters. The summed E-state index contributed by atoms with van der Waals surface area (Å²) in [6.07, 6.45) is 1.73. The zero-order valence-electron chi connectivity index (χ0n) is 19.2. The molecule has 0 aliphatic carbocycles. The summed E-state index contributed by atoms with van der Waals surface area (Å²) in [4.78, 5) is 16.8. The molecule has 0 spiro atoms. The van der Waals surface area contributed by atoms with Gasteiger partial charge in [-0.1, -0.05) is 37.3 Å². The maximum atomic E-state index is 12.4. The van der Waals surface area contributed by atoms with E-state index in [1.54, 1.807) is 7.05 Å². The molecule has 3 N–H and O–H groups in total. The normalized spacial score (nSPS) is 18.4. The number of aliphatic imine (C=N–C) groups is 1. The molecular formula is C25H34N4O2. The lowest BCUT2D eigenvalue weighted by molar-refractivity contribution is 0.0694. The average molecular weight is 423 g/mol. The van der Waals surface area contributed by atoms with E-state index in [-0.39, 0.29) is 23.6 Å². The molecule has 0 saturated heterocycles. The second-order valence-electron chi connectivity index (χ2n) is 8.71. The van der Waals surface area contributed by atoms with Crippen LogP contribution < -0.4 is 20.7 Å². The highest BCUT2D eigenvalue weighted by Crippen LogP contribution is 2.39. The minimum Gasteiger partial charge on any atom is -0.487 e. The van der Waals surface area contributed by atoms with Crippen molar-refractivity contribution < 1.29 is 9.53 Å². The number of fused-ring (bicyclic) bond motifs is 1. The van der Waals surface area contributed by atoms with Gasteiger partial charge in [0.25, 0.3) is 5.91 Å². The Morgan fingerprint density at radius 2 is 2.00 bits per heavy atom. The third-order valence-electron chi connectivity index (χ3n) is 5.55. The smallest absolute Gasteiger partial charge is 0.251 e. The van der Waals surface area contributed by atoms with Crippen molar-refractivity contribution in [1.29, 1.82) is 0 Å². The molecule has 0 aromatic heterocycles. The van der Waals surface area contributed by atoms with E-state index in [4.69, 9.17) is 4.74 Å². The molecule has 1 amide bonds. The number of hydrogen-bond acceptors (Lipinski definition) is 3. The molecule has 0 saturated carbocycles. The van der Waals surface area contributed by atoms with Crippen LogP contribution in [0.5, 0.6) is 5.75 Å². The Hall–Kier alpha value is -3.02. The Morgan fingerprint density at radius 3 is 2.74 bits per heavy atom. The summed E-state index contributed by atoms with van der Waals surface area (Å²) in [6.45, 7) is 8.84. The minimum absolute atomic E-state index is 0.0419. The van der Waals surface area contributed by atoms with Gasteiger partial charge >= 0.3 is 0 Å². The topological polar surface area (TPSA) is 74.8 Å². The number of benzene rings is 2. The summed E-state index contributed by atoms with van der Waals surface area (Å²) in [5, 5.41) is 9.93. The Labute approximate surface area is 185 Å². The van der Waals surface area contributed by atoms with Gasteiger partial charge in [-0.25, -0.2) is 0 Å². The molecule has 3 rings (SSSR count). The van der Waals surface area contributed by atoms with Crippen LogP contribution in [0.2, 0.25) is 0 Å². The summed E-state index contributed by atoms with van der Waals surface area (Å²) in [5.41, 5.74) is 2.56. The fourth-order valence-corrected chi connectivity index (χ4v) is 3.71. The van der Waals surface area contributed by atoms with Crippen LogP contribution in [-0.2, 0) is 6.54 Å². The minimum atomic E-state index is -0.262. The zero-order valence-corrected chi connectivity index (χ0v) is 19.2. The van der Waals surface area contributed by atoms with Crippen LogP contribution in [0.15, 0.2) is 53.5 Å². The van der Waals surface area contributed by atoms with E-state index in [0.717, 1.165) is 29.7 Å². The first-order valence-corrected chi connectivity index (χ1v) is 11.0. The molecule has 1 aliphatic heterocycles. The summed E-state index contributed by atoms with van der Waals surface area (Å²) in [6, 6.07) is 16.1. The first-order valence-electron chi connectivity index (χ1n) is 11.0. The third-order valence-corrected chi connectivity index (χ3v) is 5.55. The molecule has 166 valence electrons. The van der Waals surface area contributed by atoms with Crippen LogP contribution in [0.25, 0.3) is 0 Å². The van der Waals surface area contributed by atoms with Crippen LogP contribution in [0.3, 0.4) is 0 Å². The molecule has 31 heavy (non-hydrogen) atoms. The van der Waals surface area contributed by atoms with E-state index in [0.29, 0.717) is 18.1 Å². The number of hydrogen-bond donors (Lipinski definition) is 3. The maximum absolute atomic E-state index is 12.4. The van der Waals surface area contributed by atoms with Gasteiger partial charge in [-0.2, -0.15) is 0 Å². The van der Waals surface area contributed by atoms with Gasteiger partial charge in [0, 0.05) is 37.2 Å². The number of nitrogens with zero attached hydrogens (tertiary/aromatic N) is 1. The van der Waals surface area contributed by atoms with E-state index in [1.165, 1.54) is 0 Å². The van der Waals surface area contributed by atoms with Crippen molar-refractivity contribution in [3.05, 3.63) is 65.2 Å². The van der Waals surface area contributed by atoms with Crippen molar-refractivity contribution >= 4 is 11.9 Å². The van der Waals surface area contributed by atoms with Gasteiger partial charge in [0.15, 0.2) is 5.96 Å². The number of guanidine groups is 1. The van der Waals surface area contributed by atoms with Crippen molar-refractivity contribution in [3.63, 3.8) is 0 Å². The second kappa shape index (κ2) is 9.86. The number of para-hydroxylation sites is 1. The van der Waals surface area contributed by atoms with Gasteiger partial charge in [-0.05, 0) is 51.0 Å². The van der Waals surface area contributed by atoms with Crippen LogP contribution in [-0.4, -0.2) is 30.6 Å². The standard InChI is InChI=1S/C25H34N4O2/c1-6-17(2)28-23(30)19-11-9-10-18(14-19)16-27-24(26-5)29-21-15-25(3,4)31-22-13-8-7-12-20(21)22/h7-14,17,21H,6,15-16H2,1-5H3,(H,28,30)(H2,26,27,29). The van der Waals surface area contributed by atoms with Gasteiger partial charge in [-0.3, -0.25) is 9.79 Å². The lowest BCUT2D eigenvalue weighted by Crippen LogP contribution is -2.45. The molecule has 2 aromatic rings. The molecule has 0 fully saturated rings. The molecule has 6 heteroatoms. The fraction of sp³-hybridized carbons (Fsp3) is 0.440. The third kappa shape index (κ3) is 6.00. The SMILES string of the molecule is CCC(C)NC(=O)c1cccc(CNC(=NC)NC2CC(C)(C)Oc3ccccc32)c1. The van der Waals surface area contributed by atoms with Gasteiger partial charge < -0.3 is 20.7 Å². The molecule has 2 aromatic carbocycles. The molecular weight excluding hydrogens is 388 g/mol. The van der Waals surface area contributed by atoms with E-state index in [1.807, 2.05) is 49.4 Å². The van der Waals surface area contributed by atoms with Gasteiger partial charge in [-0.15, -0.1) is 0 Å². The predicted molar refractivity (Wildman–Crippen MR) is 126 cm³/mol. The molecule has 0 bridgehead atoms. The highest BCUT2D eigenvalue weighted by Gasteiger charge is 2.33. The Morgan fingerprint density at radius 1 is 1.23 bits per heavy atom. The lowest BCUT2D eigenvalue weighted by atomic mass is 9.90. The van der Waals surface area contributed by atoms with Crippen LogP contribution in [0.1, 0.15) is 68.1 Å². The second-order valence-corrected chi connectivity index (χ2v) is 8.71. The highest BCUT2D eigenvalue weighted by atomic mass is 16.5. The van der Waals surface area contributed by atoms with E-state index < -0.39 is 0 Å². The predicted octanol–water partition coefficient (Wildman–Crippen LogP) is 4.18. The largest absolute Gasteiger partial charge is 0.487 e. The Balaban J connectivity index is 1.65. The summed E-state index contributed by atoms with van der Waals surface area (Å²) in [7, 11) is 1.77. The first-order chi connectivity index (χ1) is 14.8. The van der Waals surface area contributed by atoms with Gasteiger partial charge in [0.1, 0.15) is 11.4 Å². The van der Waals surface area contributed by atoms with E-state index in [9.17, 15) is 4.79 Å². The number of carbonyl (C=O) groups excluding carboxylic acids is 1. The quantitative estimate of drug-likeness (QED) is 0.482. The molecule has 1 aliphatic rings. The van der Waals surface area contributed by atoms with Crippen molar-refractivity contribution in [2.45, 2.75) is 64.8 Å². The number of amides is 1. The van der Waals surface area contributed by atoms with Crippen molar-refractivity contribution in [2.75, 3.05) is 7.05 Å². The summed E-state index contributed by atoms with van der Waals surface area (Å²) >= 11 is 0. The van der Waals surface area contributed by atoms with Crippen LogP contribution in [0.4, 0.5) is 0 Å². The van der Waals surface area contributed by atoms with E-state index >= 15 is 0 Å². The number of ether oxygens (including phenoxy) is 1. The zero-order chi connectivity index (χ0) is 22.4. The summed E-state index contributed by atoms with van der Waals surface area (Å²) < 4.78 is 6.13. The first kappa shape index (κ1) is 22.7. The van der Waals surface area contributed by atoms with Gasteiger partial charge in [0.2, 0.25) is 0 Å². The van der Waals surface area contributed by atoms with E-state index in [2.05, 4.69) is 47.8 Å². The molecule has 1 heterocycles. The Bertz CT molecular complexity index is 939. The summed E-state index contributed by atoms with van der Waals surface area (Å²) in [5.74, 6) is 1.58. The van der Waals surface area contributed by atoms with Gasteiger partial charge in [0.05, 0.1) is 6.04 Å². The molecule has 2 unspecified atom stereocenters. The number of rotatable bonds is 6. The maximum Gasteiger partial charge on any atom is 0.251 e. The number of carbonyl (C=O) groups is 1. The average Bonchev–Trinajstić information content (AvgIpc) is 2.75. The van der Waals surface area contributed by atoms with Crippen LogP contribution >= 0.6 is 0 Å². The monoisotopic (exact) mass is 422 g/mol. The fourth-order valence-electron chi connectivity index (χ4n) is 3.71.